The van der Waals surface area contributed by atoms with Gasteiger partial charge in [-0.1, -0.05) is 230 Å². The Morgan fingerprint density at radius 2 is 0.520 bits per heavy atom. The van der Waals surface area contributed by atoms with Crippen LogP contribution in [0, 0.1) is 0 Å². The summed E-state index contributed by atoms with van der Waals surface area (Å²) in [4.78, 5) is 38.2. The van der Waals surface area contributed by atoms with Crippen molar-refractivity contribution in [1.82, 2.24) is 0 Å². The molecule has 0 radical (unpaired) electrons. The van der Waals surface area contributed by atoms with Crippen molar-refractivity contribution in [2.45, 2.75) is 245 Å². The second-order valence-electron chi connectivity index (χ2n) is 19.1. The molecule has 0 N–H and O–H groups in total. The van der Waals surface area contributed by atoms with Crippen LogP contribution in [0.5, 0.6) is 0 Å². The van der Waals surface area contributed by atoms with Gasteiger partial charge in [-0.05, 0) is 148 Å². The van der Waals surface area contributed by atoms with Crippen LogP contribution in [-0.2, 0) is 28.6 Å². The van der Waals surface area contributed by atoms with E-state index in [4.69, 9.17) is 14.2 Å². The van der Waals surface area contributed by atoms with Crippen LogP contribution in [-0.4, -0.2) is 37.2 Å². The highest BCUT2D eigenvalue weighted by atomic mass is 16.6. The van der Waals surface area contributed by atoms with Crippen molar-refractivity contribution in [2.24, 2.45) is 0 Å². The molecule has 6 heteroatoms. The van der Waals surface area contributed by atoms with Crippen molar-refractivity contribution < 1.29 is 28.6 Å². The van der Waals surface area contributed by atoms with Gasteiger partial charge in [0.2, 0.25) is 0 Å². The maximum atomic E-state index is 12.9. The fraction of sp³-hybridized carbons (Fsp3) is 0.580. The van der Waals surface area contributed by atoms with Crippen molar-refractivity contribution in [3.63, 3.8) is 0 Å². The Labute approximate surface area is 460 Å². The molecule has 0 aromatic carbocycles. The number of allylic oxidation sites excluding steroid dienone is 26. The molecular weight excluding hydrogens is 925 g/mol. The van der Waals surface area contributed by atoms with Gasteiger partial charge in [-0.3, -0.25) is 14.4 Å². The minimum absolute atomic E-state index is 0.117. The number of hydrogen-bond donors (Lipinski definition) is 0. The van der Waals surface area contributed by atoms with E-state index in [2.05, 4.69) is 179 Å². The molecule has 0 aliphatic heterocycles. The summed E-state index contributed by atoms with van der Waals surface area (Å²) in [7, 11) is 0. The van der Waals surface area contributed by atoms with E-state index in [1.54, 1.807) is 0 Å². The van der Waals surface area contributed by atoms with E-state index in [0.29, 0.717) is 19.3 Å². The summed E-state index contributed by atoms with van der Waals surface area (Å²) in [5, 5.41) is 0. The van der Waals surface area contributed by atoms with Gasteiger partial charge in [0.1, 0.15) is 13.2 Å². The van der Waals surface area contributed by atoms with Crippen LogP contribution >= 0.6 is 0 Å². The third-order valence-electron chi connectivity index (χ3n) is 12.0. The number of rotatable bonds is 52. The summed E-state index contributed by atoms with van der Waals surface area (Å²) in [6.45, 7) is 6.30. The van der Waals surface area contributed by atoms with E-state index in [1.807, 2.05) is 0 Å². The summed E-state index contributed by atoms with van der Waals surface area (Å²) >= 11 is 0. The topological polar surface area (TPSA) is 78.9 Å². The van der Waals surface area contributed by atoms with Gasteiger partial charge >= 0.3 is 17.9 Å². The Hall–Kier alpha value is -4.97. The van der Waals surface area contributed by atoms with Crippen molar-refractivity contribution >= 4 is 17.9 Å². The third kappa shape index (κ3) is 59.8. The van der Waals surface area contributed by atoms with Gasteiger partial charge in [0.15, 0.2) is 6.10 Å². The monoisotopic (exact) mass is 1030 g/mol. The predicted octanol–water partition coefficient (Wildman–Crippen LogP) is 20.5. The van der Waals surface area contributed by atoms with Gasteiger partial charge in [0, 0.05) is 19.3 Å². The number of carbonyl (C=O) groups is 3. The maximum absolute atomic E-state index is 12.9. The van der Waals surface area contributed by atoms with Gasteiger partial charge in [-0.15, -0.1) is 0 Å². The summed E-state index contributed by atoms with van der Waals surface area (Å²) in [6.07, 6.45) is 89.5. The summed E-state index contributed by atoms with van der Waals surface area (Å²) < 4.78 is 16.8. The van der Waals surface area contributed by atoms with Crippen molar-refractivity contribution in [3.05, 3.63) is 158 Å². The minimum Gasteiger partial charge on any atom is -0.462 e. The molecule has 0 aliphatic carbocycles. The largest absolute Gasteiger partial charge is 0.462 e. The van der Waals surface area contributed by atoms with E-state index in [0.717, 1.165) is 161 Å². The Morgan fingerprint density at radius 3 is 0.827 bits per heavy atom. The lowest BCUT2D eigenvalue weighted by atomic mass is 10.1. The molecule has 1 unspecified atom stereocenters. The standard InChI is InChI=1S/C69H108O6/c1-4-7-10-13-16-19-22-25-27-29-31-32-33-34-35-36-38-39-41-44-47-50-53-56-59-62-68(71)74-65-66(64-73-67(70)61-58-55-52-49-46-43-24-21-18-15-12-9-6-3)75-69(72)63-60-57-54-51-48-45-42-40-37-30-28-26-23-20-17-14-11-8-5-2/h7,9-10,12,16-21,25-28,31-32,34-35,37-40,43-44,46-47,66H,4-6,8,11,13-15,22-24,29-30,33,36,41-42,45,48-65H2,1-3H3/b10-7-,12-9-,19-16-,20-17-,21-18-,27-25-,28-26-,32-31-,35-34-,39-38-,40-37-,46-43-,47-44-. The highest BCUT2D eigenvalue weighted by Crippen LogP contribution is 2.13. The zero-order chi connectivity index (χ0) is 54.3. The van der Waals surface area contributed by atoms with Crippen LogP contribution in [0.2, 0.25) is 0 Å². The molecule has 0 heterocycles. The van der Waals surface area contributed by atoms with Gasteiger partial charge in [-0.25, -0.2) is 0 Å². The molecule has 0 saturated carbocycles. The van der Waals surface area contributed by atoms with E-state index in [1.165, 1.54) is 38.5 Å². The lowest BCUT2D eigenvalue weighted by Gasteiger charge is -2.18. The molecule has 0 bridgehead atoms. The van der Waals surface area contributed by atoms with Crippen LogP contribution in [0.4, 0.5) is 0 Å². The van der Waals surface area contributed by atoms with Crippen molar-refractivity contribution in [2.75, 3.05) is 13.2 Å². The fourth-order valence-corrected chi connectivity index (χ4v) is 7.56. The normalized spacial score (nSPS) is 13.3. The molecular formula is C69H108O6. The summed E-state index contributed by atoms with van der Waals surface area (Å²) in [5.41, 5.74) is 0. The SMILES string of the molecule is CC/C=C\C/C=C\C/C=C\C/C=C\C/C=C\C/C=C\C/C=C\CCCCCC(=O)OCC(COC(=O)CCCCC/C=C\C/C=C\C/C=C\CC)OC(=O)CCCCCCCC/C=C\C/C=C\C/C=C\CCCCC. The van der Waals surface area contributed by atoms with Crippen molar-refractivity contribution in [1.29, 1.82) is 0 Å². The first-order valence-electron chi connectivity index (χ1n) is 30.0. The maximum Gasteiger partial charge on any atom is 0.306 e. The van der Waals surface area contributed by atoms with E-state index in [-0.39, 0.29) is 31.1 Å². The molecule has 6 nitrogen and oxygen atoms in total. The second-order valence-corrected chi connectivity index (χ2v) is 19.1. The lowest BCUT2D eigenvalue weighted by Crippen LogP contribution is -2.30. The predicted molar refractivity (Wildman–Crippen MR) is 325 cm³/mol. The van der Waals surface area contributed by atoms with Crippen molar-refractivity contribution in [3.8, 4) is 0 Å². The molecule has 75 heavy (non-hydrogen) atoms. The molecule has 0 aliphatic rings. The fourth-order valence-electron chi connectivity index (χ4n) is 7.56. The van der Waals surface area contributed by atoms with Gasteiger partial charge in [0.25, 0.3) is 0 Å². The number of unbranched alkanes of at least 4 members (excludes halogenated alkanes) is 15. The highest BCUT2D eigenvalue weighted by Gasteiger charge is 2.19. The van der Waals surface area contributed by atoms with E-state index >= 15 is 0 Å². The Bertz CT molecular complexity index is 1710. The molecule has 1 atom stereocenters. The summed E-state index contributed by atoms with van der Waals surface area (Å²) in [6, 6.07) is 0. The molecule has 0 amide bonds. The van der Waals surface area contributed by atoms with E-state index < -0.39 is 6.10 Å². The average molecular weight is 1030 g/mol. The van der Waals surface area contributed by atoms with E-state index in [9.17, 15) is 14.4 Å². The first-order valence-corrected chi connectivity index (χ1v) is 30.0. The number of esters is 3. The smallest absolute Gasteiger partial charge is 0.306 e. The number of hydrogen-bond acceptors (Lipinski definition) is 6. The zero-order valence-corrected chi connectivity index (χ0v) is 48.0. The molecule has 0 aromatic heterocycles. The van der Waals surface area contributed by atoms with Gasteiger partial charge in [0.05, 0.1) is 0 Å². The highest BCUT2D eigenvalue weighted by molar-refractivity contribution is 5.71. The molecule has 0 saturated heterocycles. The minimum atomic E-state index is -0.820. The Morgan fingerprint density at radius 1 is 0.280 bits per heavy atom. The molecule has 0 fully saturated rings. The van der Waals surface area contributed by atoms with Crippen LogP contribution in [0.3, 0.4) is 0 Å². The first kappa shape index (κ1) is 70.0. The van der Waals surface area contributed by atoms with Gasteiger partial charge < -0.3 is 14.2 Å². The third-order valence-corrected chi connectivity index (χ3v) is 12.0. The van der Waals surface area contributed by atoms with Crippen LogP contribution in [0.25, 0.3) is 0 Å². The molecule has 0 aromatic rings. The molecule has 0 spiro atoms. The molecule has 0 rings (SSSR count). The van der Waals surface area contributed by atoms with Crippen LogP contribution in [0.15, 0.2) is 158 Å². The number of carbonyl (C=O) groups excluding carboxylic acids is 3. The quantitative estimate of drug-likeness (QED) is 0.0261. The first-order chi connectivity index (χ1) is 37.0. The zero-order valence-electron chi connectivity index (χ0n) is 48.0. The van der Waals surface area contributed by atoms with Crippen LogP contribution in [0.1, 0.15) is 239 Å². The molecule has 420 valence electrons. The second kappa shape index (κ2) is 61.6. The Kier molecular flexibility index (Phi) is 57.5. The number of ether oxygens (including phenoxy) is 3. The Balaban J connectivity index is 4.50. The van der Waals surface area contributed by atoms with Crippen LogP contribution < -0.4 is 0 Å². The summed E-state index contributed by atoms with van der Waals surface area (Å²) in [5.74, 6) is -0.996. The average Bonchev–Trinajstić information content (AvgIpc) is 3.41. The lowest BCUT2D eigenvalue weighted by molar-refractivity contribution is -0.167. The van der Waals surface area contributed by atoms with Gasteiger partial charge in [-0.2, -0.15) is 0 Å².